The first-order valence-corrected chi connectivity index (χ1v) is 14.9. The Balaban J connectivity index is 2.62. The molecule has 0 aliphatic heterocycles. The summed E-state index contributed by atoms with van der Waals surface area (Å²) >= 11 is -2.00. The van der Waals surface area contributed by atoms with Crippen molar-refractivity contribution in [3.63, 3.8) is 0 Å². The van der Waals surface area contributed by atoms with Gasteiger partial charge in [-0.1, -0.05) is 0 Å². The van der Waals surface area contributed by atoms with E-state index in [-0.39, 0.29) is 0 Å². The van der Waals surface area contributed by atoms with Crippen LogP contribution in [0.1, 0.15) is 5.69 Å². The van der Waals surface area contributed by atoms with Crippen molar-refractivity contribution in [3.05, 3.63) is 30.2 Å². The van der Waals surface area contributed by atoms with Crippen molar-refractivity contribution in [3.8, 4) is 6.07 Å². The molecule has 0 bridgehead atoms. The van der Waals surface area contributed by atoms with Crippen LogP contribution in [-0.4, -0.2) is 27.8 Å². The molecule has 2 heterocycles. The van der Waals surface area contributed by atoms with Crippen LogP contribution in [0.25, 0.3) is 5.65 Å². The Kier molecular flexibility index (Phi) is 2.47. The first kappa shape index (κ1) is 10.5. The maximum atomic E-state index is 8.76. The number of fused-ring (bicyclic) bond motifs is 1. The topological polar surface area (TPSA) is 41.1 Å². The van der Waals surface area contributed by atoms with Gasteiger partial charge in [-0.2, -0.15) is 0 Å². The Labute approximate surface area is 93.2 Å². The molecule has 0 aliphatic rings. The van der Waals surface area contributed by atoms with Crippen LogP contribution in [0, 0.1) is 11.3 Å². The van der Waals surface area contributed by atoms with Crippen molar-refractivity contribution in [1.29, 1.82) is 5.26 Å². The Morgan fingerprint density at radius 2 is 2.00 bits per heavy atom. The van der Waals surface area contributed by atoms with Gasteiger partial charge in [-0.3, -0.25) is 0 Å². The molecular weight excluding hydrogens is 293 g/mol. The van der Waals surface area contributed by atoms with Crippen LogP contribution in [0.5, 0.6) is 0 Å². The molecule has 0 aliphatic carbocycles. The number of pyridine rings is 1. The quantitative estimate of drug-likeness (QED) is 0.753. The first-order chi connectivity index (χ1) is 7.00. The Bertz CT molecular complexity index is 543. The fraction of sp³-hybridized carbons (Fsp3) is 0.273. The van der Waals surface area contributed by atoms with E-state index < -0.39 is 18.4 Å². The molecule has 0 unspecified atom stereocenters. The van der Waals surface area contributed by atoms with Gasteiger partial charge in [0.2, 0.25) is 0 Å². The summed E-state index contributed by atoms with van der Waals surface area (Å²) in [5, 5.41) is 8.76. The summed E-state index contributed by atoms with van der Waals surface area (Å²) in [5.74, 6) is 0. The first-order valence-electron chi connectivity index (χ1n) is 4.90. The van der Waals surface area contributed by atoms with E-state index in [0.29, 0.717) is 5.69 Å². The molecule has 0 N–H and O–H groups in total. The number of aromatic nitrogens is 2. The van der Waals surface area contributed by atoms with E-state index in [2.05, 4.69) is 38.1 Å². The molecule has 76 valence electrons. The summed E-state index contributed by atoms with van der Waals surface area (Å²) in [6.45, 7) is 0. The molecule has 0 saturated heterocycles. The zero-order valence-corrected chi connectivity index (χ0v) is 12.0. The van der Waals surface area contributed by atoms with Crippen molar-refractivity contribution < 1.29 is 0 Å². The molecule has 0 saturated carbocycles. The molecule has 0 amide bonds. The fourth-order valence-corrected chi connectivity index (χ4v) is 4.66. The average molecular weight is 306 g/mol. The number of nitrogens with zero attached hydrogens (tertiary/aromatic N) is 3. The third kappa shape index (κ3) is 2.00. The van der Waals surface area contributed by atoms with Crippen LogP contribution in [0.2, 0.25) is 14.8 Å². The molecule has 0 fully saturated rings. The minimum atomic E-state index is -2.00. The Hall–Kier alpha value is -1.02. The van der Waals surface area contributed by atoms with Crippen LogP contribution >= 0.6 is 0 Å². The monoisotopic (exact) mass is 307 g/mol. The normalized spacial score (nSPS) is 11.6. The van der Waals surface area contributed by atoms with E-state index in [9.17, 15) is 0 Å². The number of hydrogen-bond donors (Lipinski definition) is 0. The average Bonchev–Trinajstić information content (AvgIpc) is 2.57. The van der Waals surface area contributed by atoms with Gasteiger partial charge < -0.3 is 0 Å². The van der Waals surface area contributed by atoms with Crippen LogP contribution in [0.4, 0.5) is 0 Å². The van der Waals surface area contributed by atoms with Gasteiger partial charge in [-0.05, 0) is 0 Å². The summed E-state index contributed by atoms with van der Waals surface area (Å²) in [5.41, 5.74) is 1.34. The molecule has 4 heteroatoms. The van der Waals surface area contributed by atoms with E-state index in [0.717, 1.165) is 5.65 Å². The van der Waals surface area contributed by atoms with Gasteiger partial charge in [0.05, 0.1) is 0 Å². The molecule has 2 aromatic rings. The number of rotatable bonds is 1. The van der Waals surface area contributed by atoms with E-state index in [1.165, 1.54) is 3.58 Å². The summed E-state index contributed by atoms with van der Waals surface area (Å²) in [6, 6.07) is 6.21. The third-order valence-electron chi connectivity index (χ3n) is 2.43. The SMILES string of the molecule is [CH3][Sn]([CH3])([CH3])[c]1ccc2nc(C#N)cn2c1. The van der Waals surface area contributed by atoms with Crippen LogP contribution in [0.15, 0.2) is 24.5 Å². The molecule has 0 radical (unpaired) electrons. The van der Waals surface area contributed by atoms with Crippen molar-refractivity contribution in [2.75, 3.05) is 0 Å². The zero-order valence-electron chi connectivity index (χ0n) is 9.15. The molecule has 0 spiro atoms. The predicted molar refractivity (Wildman–Crippen MR) is 62.9 cm³/mol. The van der Waals surface area contributed by atoms with Gasteiger partial charge in [0.1, 0.15) is 0 Å². The summed E-state index contributed by atoms with van der Waals surface area (Å²) in [6.07, 6.45) is 3.91. The number of imidazole rings is 1. The minimum absolute atomic E-state index is 0.483. The van der Waals surface area contributed by atoms with Crippen molar-refractivity contribution in [2.24, 2.45) is 0 Å². The van der Waals surface area contributed by atoms with Gasteiger partial charge in [0.15, 0.2) is 0 Å². The summed E-state index contributed by atoms with van der Waals surface area (Å²) in [7, 11) is 0. The van der Waals surface area contributed by atoms with Gasteiger partial charge >= 0.3 is 93.4 Å². The van der Waals surface area contributed by atoms with Crippen LogP contribution < -0.4 is 3.58 Å². The van der Waals surface area contributed by atoms with Crippen LogP contribution in [0.3, 0.4) is 0 Å². The molecule has 0 atom stereocenters. The summed E-state index contributed by atoms with van der Waals surface area (Å²) < 4.78 is 3.40. The van der Waals surface area contributed by atoms with Crippen molar-refractivity contribution in [2.45, 2.75) is 14.8 Å². The van der Waals surface area contributed by atoms with Gasteiger partial charge in [0.25, 0.3) is 0 Å². The second-order valence-corrected chi connectivity index (χ2v) is 19.2. The van der Waals surface area contributed by atoms with Crippen LogP contribution in [-0.2, 0) is 0 Å². The summed E-state index contributed by atoms with van der Waals surface area (Å²) in [4.78, 5) is 11.3. The Morgan fingerprint density at radius 1 is 1.27 bits per heavy atom. The Morgan fingerprint density at radius 3 is 2.60 bits per heavy atom. The van der Waals surface area contributed by atoms with Crippen molar-refractivity contribution >= 4 is 27.6 Å². The van der Waals surface area contributed by atoms with Gasteiger partial charge in [0, 0.05) is 0 Å². The van der Waals surface area contributed by atoms with Crippen molar-refractivity contribution in [1.82, 2.24) is 9.38 Å². The van der Waals surface area contributed by atoms with E-state index >= 15 is 0 Å². The number of hydrogen-bond acceptors (Lipinski definition) is 2. The fourth-order valence-electron chi connectivity index (χ4n) is 1.49. The second-order valence-electron chi connectivity index (χ2n) is 4.67. The zero-order chi connectivity index (χ0) is 11.1. The molecular formula is C11H13N3Sn. The molecule has 15 heavy (non-hydrogen) atoms. The van der Waals surface area contributed by atoms with Gasteiger partial charge in [-0.15, -0.1) is 0 Å². The number of nitriles is 1. The molecule has 2 rings (SSSR count). The molecule has 3 nitrogen and oxygen atoms in total. The third-order valence-corrected chi connectivity index (χ3v) is 8.22. The van der Waals surface area contributed by atoms with Gasteiger partial charge in [-0.25, -0.2) is 0 Å². The predicted octanol–water partition coefficient (Wildman–Crippen LogP) is 1.75. The second kappa shape index (κ2) is 3.53. The maximum absolute atomic E-state index is 8.76. The van der Waals surface area contributed by atoms with E-state index in [1.807, 2.05) is 10.5 Å². The van der Waals surface area contributed by atoms with E-state index in [4.69, 9.17) is 5.26 Å². The molecule has 2 aromatic heterocycles. The van der Waals surface area contributed by atoms with E-state index in [1.54, 1.807) is 6.20 Å². The molecule has 0 aromatic carbocycles. The standard InChI is InChI=1S/C8H4N3.3CH3.Sn/c9-5-7-6-11-4-2-1-3-8(11)10-7;;;;/h1,3-4,6H;3*1H3;.